The van der Waals surface area contributed by atoms with E-state index in [2.05, 4.69) is 41.2 Å². The van der Waals surface area contributed by atoms with Crippen molar-refractivity contribution in [1.29, 1.82) is 0 Å². The average molecular weight is 316 g/mol. The van der Waals surface area contributed by atoms with Gasteiger partial charge >= 0.3 is 0 Å². The third kappa shape index (κ3) is 4.50. The van der Waals surface area contributed by atoms with Crippen molar-refractivity contribution in [2.75, 3.05) is 20.3 Å². The summed E-state index contributed by atoms with van der Waals surface area (Å²) in [7, 11) is 1.67. The second kappa shape index (κ2) is 8.38. The summed E-state index contributed by atoms with van der Waals surface area (Å²) in [6, 6.07) is 4.11. The Morgan fingerprint density at radius 3 is 2.61 bits per heavy atom. The van der Waals surface area contributed by atoms with Crippen molar-refractivity contribution in [1.82, 2.24) is 5.32 Å². The topological polar surface area (TPSA) is 30.5 Å². The average Bonchev–Trinajstić information content (AvgIpc) is 2.37. The zero-order chi connectivity index (χ0) is 13.4. The predicted molar refractivity (Wildman–Crippen MR) is 78.5 cm³/mol. The van der Waals surface area contributed by atoms with Gasteiger partial charge in [0.2, 0.25) is 0 Å². The Balaban J connectivity index is 2.81. The molecule has 102 valence electrons. The van der Waals surface area contributed by atoms with Gasteiger partial charge in [-0.05, 0) is 53.0 Å². The summed E-state index contributed by atoms with van der Waals surface area (Å²) in [6.45, 7) is 6.81. The summed E-state index contributed by atoms with van der Waals surface area (Å²) in [5.74, 6) is 1.57. The van der Waals surface area contributed by atoms with Crippen molar-refractivity contribution in [3.8, 4) is 11.5 Å². The fourth-order valence-corrected chi connectivity index (χ4v) is 2.23. The molecule has 0 bridgehead atoms. The van der Waals surface area contributed by atoms with E-state index in [0.717, 1.165) is 41.9 Å². The summed E-state index contributed by atoms with van der Waals surface area (Å²) in [5, 5.41) is 3.38. The van der Waals surface area contributed by atoms with E-state index in [9.17, 15) is 0 Å². The van der Waals surface area contributed by atoms with Gasteiger partial charge in [0.05, 0.1) is 18.2 Å². The molecule has 0 aliphatic carbocycles. The lowest BCUT2D eigenvalue weighted by atomic mass is 10.2. The zero-order valence-electron chi connectivity index (χ0n) is 11.4. The summed E-state index contributed by atoms with van der Waals surface area (Å²) in [5.41, 5.74) is 1.19. The van der Waals surface area contributed by atoms with Crippen LogP contribution in [0.4, 0.5) is 0 Å². The van der Waals surface area contributed by atoms with Crippen LogP contribution < -0.4 is 14.8 Å². The molecule has 18 heavy (non-hydrogen) atoms. The van der Waals surface area contributed by atoms with Gasteiger partial charge in [-0.2, -0.15) is 0 Å². The van der Waals surface area contributed by atoms with Crippen LogP contribution >= 0.6 is 15.9 Å². The molecule has 0 heterocycles. The molecule has 4 heteroatoms. The molecule has 0 aliphatic rings. The molecule has 0 spiro atoms. The quantitative estimate of drug-likeness (QED) is 0.741. The zero-order valence-corrected chi connectivity index (χ0v) is 13.0. The maximum atomic E-state index is 5.70. The third-order valence-electron chi connectivity index (χ3n) is 2.50. The van der Waals surface area contributed by atoms with Crippen molar-refractivity contribution in [2.45, 2.75) is 33.2 Å². The Morgan fingerprint density at radius 2 is 2.00 bits per heavy atom. The molecular formula is C14H22BrNO2. The number of hydrogen-bond donors (Lipinski definition) is 1. The molecule has 0 saturated carbocycles. The van der Waals surface area contributed by atoms with E-state index in [4.69, 9.17) is 9.47 Å². The van der Waals surface area contributed by atoms with Crippen LogP contribution in [0.25, 0.3) is 0 Å². The highest BCUT2D eigenvalue weighted by Crippen LogP contribution is 2.36. The number of halogens is 1. The first-order valence-corrected chi connectivity index (χ1v) is 7.22. The lowest BCUT2D eigenvalue weighted by molar-refractivity contribution is 0.292. The van der Waals surface area contributed by atoms with Crippen molar-refractivity contribution in [3.05, 3.63) is 22.2 Å². The maximum Gasteiger partial charge on any atom is 0.175 e. The molecule has 1 aromatic rings. The molecule has 0 unspecified atom stereocenters. The minimum Gasteiger partial charge on any atom is -0.493 e. The van der Waals surface area contributed by atoms with Crippen molar-refractivity contribution < 1.29 is 9.47 Å². The monoisotopic (exact) mass is 315 g/mol. The Labute approximate surface area is 118 Å². The van der Waals surface area contributed by atoms with Gasteiger partial charge in [-0.15, -0.1) is 0 Å². The fraction of sp³-hybridized carbons (Fsp3) is 0.571. The normalized spacial score (nSPS) is 10.4. The van der Waals surface area contributed by atoms with E-state index < -0.39 is 0 Å². The summed E-state index contributed by atoms with van der Waals surface area (Å²) in [4.78, 5) is 0. The highest BCUT2D eigenvalue weighted by molar-refractivity contribution is 9.10. The number of rotatable bonds is 8. The first-order valence-electron chi connectivity index (χ1n) is 6.42. The minimum absolute atomic E-state index is 0.697. The van der Waals surface area contributed by atoms with Crippen LogP contribution in [0.15, 0.2) is 16.6 Å². The van der Waals surface area contributed by atoms with E-state index in [0.29, 0.717) is 6.61 Å². The Bertz CT molecular complexity index is 369. The fourth-order valence-electron chi connectivity index (χ4n) is 1.63. The molecule has 1 N–H and O–H groups in total. The molecule has 1 aromatic carbocycles. The Hall–Kier alpha value is -0.740. The molecule has 0 saturated heterocycles. The second-order valence-corrected chi connectivity index (χ2v) is 4.99. The lowest BCUT2D eigenvalue weighted by Gasteiger charge is -2.14. The van der Waals surface area contributed by atoms with E-state index in [-0.39, 0.29) is 0 Å². The van der Waals surface area contributed by atoms with Crippen LogP contribution in [-0.2, 0) is 6.54 Å². The van der Waals surface area contributed by atoms with Crippen LogP contribution in [0.2, 0.25) is 0 Å². The van der Waals surface area contributed by atoms with Crippen LogP contribution in [0.3, 0.4) is 0 Å². The maximum absolute atomic E-state index is 5.70. The largest absolute Gasteiger partial charge is 0.493 e. The van der Waals surface area contributed by atoms with Crippen LogP contribution in [0, 0.1) is 0 Å². The first-order chi connectivity index (χ1) is 8.72. The molecular weight excluding hydrogens is 294 g/mol. The summed E-state index contributed by atoms with van der Waals surface area (Å²) >= 11 is 3.55. The van der Waals surface area contributed by atoms with Gasteiger partial charge < -0.3 is 14.8 Å². The molecule has 0 aliphatic heterocycles. The van der Waals surface area contributed by atoms with Gasteiger partial charge in [-0.25, -0.2) is 0 Å². The lowest BCUT2D eigenvalue weighted by Crippen LogP contribution is -2.14. The molecule has 0 radical (unpaired) electrons. The smallest absolute Gasteiger partial charge is 0.175 e. The Kier molecular flexibility index (Phi) is 7.13. The number of nitrogens with one attached hydrogen (secondary N) is 1. The molecule has 3 nitrogen and oxygen atoms in total. The summed E-state index contributed by atoms with van der Waals surface area (Å²) < 4.78 is 12.0. The van der Waals surface area contributed by atoms with Gasteiger partial charge in [-0.1, -0.05) is 13.8 Å². The van der Waals surface area contributed by atoms with E-state index in [1.165, 1.54) is 5.56 Å². The summed E-state index contributed by atoms with van der Waals surface area (Å²) in [6.07, 6.45) is 2.12. The first kappa shape index (κ1) is 15.3. The molecule has 0 amide bonds. The Morgan fingerprint density at radius 1 is 1.22 bits per heavy atom. The van der Waals surface area contributed by atoms with Gasteiger partial charge in [0, 0.05) is 6.54 Å². The van der Waals surface area contributed by atoms with E-state index in [1.54, 1.807) is 7.11 Å². The van der Waals surface area contributed by atoms with Gasteiger partial charge in [0.1, 0.15) is 0 Å². The standard InChI is InChI=1S/C14H22BrNO2/c1-4-6-16-10-11-8-12(15)14(18-7-5-2)13(9-11)17-3/h8-9,16H,4-7,10H2,1-3H3. The number of benzene rings is 1. The molecule has 0 fully saturated rings. The van der Waals surface area contributed by atoms with Crippen molar-refractivity contribution in [2.24, 2.45) is 0 Å². The predicted octanol–water partition coefficient (Wildman–Crippen LogP) is 3.75. The van der Waals surface area contributed by atoms with Crippen molar-refractivity contribution in [3.63, 3.8) is 0 Å². The van der Waals surface area contributed by atoms with Crippen LogP contribution in [0.5, 0.6) is 11.5 Å². The molecule has 0 atom stereocenters. The second-order valence-electron chi connectivity index (χ2n) is 4.13. The third-order valence-corrected chi connectivity index (χ3v) is 3.08. The van der Waals surface area contributed by atoms with E-state index >= 15 is 0 Å². The highest BCUT2D eigenvalue weighted by atomic mass is 79.9. The van der Waals surface area contributed by atoms with Gasteiger partial charge in [-0.3, -0.25) is 0 Å². The van der Waals surface area contributed by atoms with Crippen LogP contribution in [-0.4, -0.2) is 20.3 Å². The van der Waals surface area contributed by atoms with Gasteiger partial charge in [0.15, 0.2) is 11.5 Å². The SMILES string of the molecule is CCCNCc1cc(Br)c(OCCC)c(OC)c1. The highest BCUT2D eigenvalue weighted by Gasteiger charge is 2.11. The van der Waals surface area contributed by atoms with Crippen molar-refractivity contribution >= 4 is 15.9 Å². The van der Waals surface area contributed by atoms with E-state index in [1.807, 2.05) is 6.07 Å². The number of methoxy groups -OCH3 is 1. The van der Waals surface area contributed by atoms with Gasteiger partial charge in [0.25, 0.3) is 0 Å². The molecule has 0 aromatic heterocycles. The minimum atomic E-state index is 0.697. The number of ether oxygens (including phenoxy) is 2. The number of hydrogen-bond acceptors (Lipinski definition) is 3. The molecule has 1 rings (SSSR count). The van der Waals surface area contributed by atoms with Crippen LogP contribution in [0.1, 0.15) is 32.3 Å².